The highest BCUT2D eigenvalue weighted by Gasteiger charge is 2.26. The summed E-state index contributed by atoms with van der Waals surface area (Å²) in [6.45, 7) is 2.86. The molecule has 0 aromatic heterocycles. The van der Waals surface area contributed by atoms with Crippen LogP contribution in [0, 0.1) is 0 Å². The maximum Gasteiger partial charge on any atom is 0.141 e. The summed E-state index contributed by atoms with van der Waals surface area (Å²) >= 11 is 6.28. The minimum Gasteiger partial charge on any atom is -0.496 e. The maximum atomic E-state index is 6.28. The zero-order chi connectivity index (χ0) is 14.5. The molecule has 0 radical (unpaired) electrons. The predicted octanol–water partition coefficient (Wildman–Crippen LogP) is 2.84. The number of benzene rings is 1. The Balaban J connectivity index is 2.38. The molecule has 0 bridgehead atoms. The van der Waals surface area contributed by atoms with E-state index in [1.807, 2.05) is 12.1 Å². The average Bonchev–Trinajstić information content (AvgIpc) is 2.98. The van der Waals surface area contributed by atoms with Gasteiger partial charge in [0.1, 0.15) is 11.5 Å². The number of hydrogen-bond acceptors (Lipinski definition) is 4. The van der Waals surface area contributed by atoms with Gasteiger partial charge in [-0.15, -0.1) is 0 Å². The fourth-order valence-electron chi connectivity index (χ4n) is 2.89. The first-order chi connectivity index (χ1) is 9.71. The third-order valence-corrected chi connectivity index (χ3v) is 4.18. The normalized spacial score (nSPS) is 17.2. The summed E-state index contributed by atoms with van der Waals surface area (Å²) in [5, 5.41) is 0.615. The highest BCUT2D eigenvalue weighted by Crippen LogP contribution is 2.39. The Labute approximate surface area is 125 Å². The summed E-state index contributed by atoms with van der Waals surface area (Å²) in [5.74, 6) is 1.46. The molecule has 0 aliphatic carbocycles. The van der Waals surface area contributed by atoms with Crippen LogP contribution in [0.1, 0.15) is 30.9 Å². The number of rotatable bonds is 6. The molecule has 0 spiro atoms. The minimum absolute atomic E-state index is 0.265. The lowest BCUT2D eigenvalue weighted by molar-refractivity contribution is 0.230. The monoisotopic (exact) mass is 298 g/mol. The SMILES string of the molecule is COc1cc(OC)c(C(CCN)N2CCCC2)cc1Cl. The Bertz CT molecular complexity index is 448. The van der Waals surface area contributed by atoms with Crippen LogP contribution >= 0.6 is 11.6 Å². The maximum absolute atomic E-state index is 6.28. The molecule has 2 rings (SSSR count). The van der Waals surface area contributed by atoms with E-state index in [-0.39, 0.29) is 6.04 Å². The van der Waals surface area contributed by atoms with Crippen LogP contribution in [0.3, 0.4) is 0 Å². The van der Waals surface area contributed by atoms with E-state index in [4.69, 9.17) is 26.8 Å². The first-order valence-electron chi connectivity index (χ1n) is 7.06. The molecule has 0 amide bonds. The van der Waals surface area contributed by atoms with Crippen molar-refractivity contribution in [1.82, 2.24) is 4.90 Å². The number of hydrogen-bond donors (Lipinski definition) is 1. The van der Waals surface area contributed by atoms with Crippen LogP contribution < -0.4 is 15.2 Å². The third kappa shape index (κ3) is 3.19. The number of likely N-dealkylation sites (tertiary alicyclic amines) is 1. The van der Waals surface area contributed by atoms with Gasteiger partial charge in [0.2, 0.25) is 0 Å². The Hall–Kier alpha value is -0.970. The Morgan fingerprint density at radius 3 is 2.40 bits per heavy atom. The van der Waals surface area contributed by atoms with Gasteiger partial charge in [-0.05, 0) is 45.0 Å². The van der Waals surface area contributed by atoms with Crippen LogP contribution in [0.25, 0.3) is 0 Å². The molecule has 1 aliphatic rings. The van der Waals surface area contributed by atoms with Gasteiger partial charge in [0.05, 0.1) is 19.2 Å². The molecule has 4 nitrogen and oxygen atoms in total. The van der Waals surface area contributed by atoms with Gasteiger partial charge in [-0.3, -0.25) is 4.90 Å². The summed E-state index contributed by atoms with van der Waals surface area (Å²) in [4.78, 5) is 2.47. The number of methoxy groups -OCH3 is 2. The molecule has 20 heavy (non-hydrogen) atoms. The van der Waals surface area contributed by atoms with E-state index in [9.17, 15) is 0 Å². The van der Waals surface area contributed by atoms with Crippen molar-refractivity contribution in [3.05, 3.63) is 22.7 Å². The lowest BCUT2D eigenvalue weighted by Crippen LogP contribution is -2.28. The minimum atomic E-state index is 0.265. The summed E-state index contributed by atoms with van der Waals surface area (Å²) in [7, 11) is 3.29. The molecular formula is C15H23ClN2O2. The van der Waals surface area contributed by atoms with E-state index in [0.29, 0.717) is 17.3 Å². The lowest BCUT2D eigenvalue weighted by Gasteiger charge is -2.29. The zero-order valence-electron chi connectivity index (χ0n) is 12.2. The van der Waals surface area contributed by atoms with Crippen LogP contribution in [0.5, 0.6) is 11.5 Å². The molecule has 1 heterocycles. The standard InChI is InChI=1S/C15H23ClN2O2/c1-19-14-10-15(20-2)12(16)9-11(14)13(5-6-17)18-7-3-4-8-18/h9-10,13H,3-8,17H2,1-2H3. The van der Waals surface area contributed by atoms with Crippen molar-refractivity contribution in [1.29, 1.82) is 0 Å². The van der Waals surface area contributed by atoms with E-state index in [1.165, 1.54) is 12.8 Å². The molecule has 1 fully saturated rings. The summed E-state index contributed by atoms with van der Waals surface area (Å²) in [5.41, 5.74) is 6.90. The summed E-state index contributed by atoms with van der Waals surface area (Å²) in [6, 6.07) is 4.08. The topological polar surface area (TPSA) is 47.7 Å². The van der Waals surface area contributed by atoms with E-state index in [0.717, 1.165) is 30.8 Å². The molecule has 1 atom stereocenters. The van der Waals surface area contributed by atoms with Crippen molar-refractivity contribution in [3.8, 4) is 11.5 Å². The van der Waals surface area contributed by atoms with E-state index in [1.54, 1.807) is 14.2 Å². The van der Waals surface area contributed by atoms with Crippen LogP contribution in [0.15, 0.2) is 12.1 Å². The molecular weight excluding hydrogens is 276 g/mol. The number of nitrogens with zero attached hydrogens (tertiary/aromatic N) is 1. The van der Waals surface area contributed by atoms with E-state index < -0.39 is 0 Å². The van der Waals surface area contributed by atoms with Crippen molar-refractivity contribution in [2.45, 2.75) is 25.3 Å². The van der Waals surface area contributed by atoms with E-state index in [2.05, 4.69) is 4.90 Å². The highest BCUT2D eigenvalue weighted by atomic mass is 35.5. The average molecular weight is 299 g/mol. The largest absolute Gasteiger partial charge is 0.496 e. The third-order valence-electron chi connectivity index (χ3n) is 3.88. The van der Waals surface area contributed by atoms with Crippen molar-refractivity contribution < 1.29 is 9.47 Å². The van der Waals surface area contributed by atoms with Gasteiger partial charge in [0.15, 0.2) is 0 Å². The molecule has 112 valence electrons. The van der Waals surface area contributed by atoms with Gasteiger partial charge >= 0.3 is 0 Å². The van der Waals surface area contributed by atoms with Gasteiger partial charge < -0.3 is 15.2 Å². The fourth-order valence-corrected chi connectivity index (χ4v) is 3.14. The van der Waals surface area contributed by atoms with Gasteiger partial charge in [-0.2, -0.15) is 0 Å². The van der Waals surface area contributed by atoms with Gasteiger partial charge in [-0.1, -0.05) is 11.6 Å². The molecule has 0 saturated carbocycles. The van der Waals surface area contributed by atoms with Crippen molar-refractivity contribution in [3.63, 3.8) is 0 Å². The van der Waals surface area contributed by atoms with Crippen molar-refractivity contribution >= 4 is 11.6 Å². The molecule has 2 N–H and O–H groups in total. The Kier molecular flexibility index (Phi) is 5.52. The Morgan fingerprint density at radius 1 is 1.20 bits per heavy atom. The van der Waals surface area contributed by atoms with Gasteiger partial charge in [0.25, 0.3) is 0 Å². The van der Waals surface area contributed by atoms with Crippen molar-refractivity contribution in [2.24, 2.45) is 5.73 Å². The molecule has 1 aromatic carbocycles. The number of ether oxygens (including phenoxy) is 2. The number of nitrogens with two attached hydrogens (primary N) is 1. The van der Waals surface area contributed by atoms with Gasteiger partial charge in [-0.25, -0.2) is 0 Å². The summed E-state index contributed by atoms with van der Waals surface area (Å²) < 4.78 is 10.8. The summed E-state index contributed by atoms with van der Waals surface area (Å²) in [6.07, 6.45) is 3.39. The Morgan fingerprint density at radius 2 is 1.85 bits per heavy atom. The molecule has 1 saturated heterocycles. The second-order valence-corrected chi connectivity index (χ2v) is 5.47. The van der Waals surface area contributed by atoms with Crippen LogP contribution in [0.4, 0.5) is 0 Å². The predicted molar refractivity (Wildman–Crippen MR) is 81.8 cm³/mol. The first-order valence-corrected chi connectivity index (χ1v) is 7.44. The molecule has 1 aliphatic heterocycles. The first kappa shape index (κ1) is 15.4. The molecule has 1 aromatic rings. The quantitative estimate of drug-likeness (QED) is 0.877. The van der Waals surface area contributed by atoms with Gasteiger partial charge in [0, 0.05) is 17.7 Å². The smallest absolute Gasteiger partial charge is 0.141 e. The fraction of sp³-hybridized carbons (Fsp3) is 0.600. The van der Waals surface area contributed by atoms with Crippen LogP contribution in [-0.4, -0.2) is 38.8 Å². The molecule has 1 unspecified atom stereocenters. The lowest BCUT2D eigenvalue weighted by atomic mass is 10.0. The highest BCUT2D eigenvalue weighted by molar-refractivity contribution is 6.32. The van der Waals surface area contributed by atoms with Crippen LogP contribution in [-0.2, 0) is 0 Å². The molecule has 5 heteroatoms. The van der Waals surface area contributed by atoms with E-state index >= 15 is 0 Å². The number of halogens is 1. The zero-order valence-corrected chi connectivity index (χ0v) is 12.9. The second kappa shape index (κ2) is 7.16. The second-order valence-electron chi connectivity index (χ2n) is 5.06. The van der Waals surface area contributed by atoms with Crippen molar-refractivity contribution in [2.75, 3.05) is 33.9 Å². The van der Waals surface area contributed by atoms with Crippen LogP contribution in [0.2, 0.25) is 5.02 Å².